The Kier molecular flexibility index (Phi) is 2.14. The van der Waals surface area contributed by atoms with Crippen LogP contribution in [-0.2, 0) is 7.05 Å². The molecule has 1 atom stereocenters. The van der Waals surface area contributed by atoms with Crippen molar-refractivity contribution in [3.05, 3.63) is 48.7 Å². The zero-order valence-electron chi connectivity index (χ0n) is 8.14. The molecule has 0 saturated carbocycles. The van der Waals surface area contributed by atoms with E-state index in [-0.39, 0.29) is 0 Å². The molecule has 0 saturated heterocycles. The van der Waals surface area contributed by atoms with Gasteiger partial charge in [-0.15, -0.1) is 6.58 Å². The lowest BCUT2D eigenvalue weighted by Crippen LogP contribution is -1.93. The fourth-order valence-electron chi connectivity index (χ4n) is 1.71. The number of nitrogens with zero attached hydrogens (tertiary/aromatic N) is 1. The standard InChI is InChI=1S/C12H13NO/c1-3-12(14)10-5-4-6-11-9(10)7-8-13(11)2/h3-8,12,14H,1H2,2H3. The monoisotopic (exact) mass is 187 g/mol. The van der Waals surface area contributed by atoms with Gasteiger partial charge < -0.3 is 9.67 Å². The Morgan fingerprint density at radius 3 is 2.93 bits per heavy atom. The van der Waals surface area contributed by atoms with Crippen LogP contribution in [0.3, 0.4) is 0 Å². The zero-order chi connectivity index (χ0) is 10.1. The minimum atomic E-state index is -0.582. The van der Waals surface area contributed by atoms with E-state index < -0.39 is 6.10 Å². The summed E-state index contributed by atoms with van der Waals surface area (Å²) in [5.41, 5.74) is 2.04. The van der Waals surface area contributed by atoms with Crippen LogP contribution >= 0.6 is 0 Å². The summed E-state index contributed by atoms with van der Waals surface area (Å²) >= 11 is 0. The minimum Gasteiger partial charge on any atom is -0.384 e. The molecule has 0 aliphatic rings. The molecular formula is C12H13NO. The highest BCUT2D eigenvalue weighted by molar-refractivity contribution is 5.84. The topological polar surface area (TPSA) is 25.2 Å². The van der Waals surface area contributed by atoms with Gasteiger partial charge in [0.25, 0.3) is 0 Å². The number of aliphatic hydroxyl groups is 1. The maximum Gasteiger partial charge on any atom is 0.0975 e. The predicted octanol–water partition coefficient (Wildman–Crippen LogP) is 2.40. The quantitative estimate of drug-likeness (QED) is 0.717. The van der Waals surface area contributed by atoms with Crippen molar-refractivity contribution in [2.24, 2.45) is 7.05 Å². The van der Waals surface area contributed by atoms with Crippen LogP contribution in [-0.4, -0.2) is 9.67 Å². The molecule has 0 aliphatic heterocycles. The molecule has 1 N–H and O–H groups in total. The van der Waals surface area contributed by atoms with Crippen molar-refractivity contribution in [1.82, 2.24) is 4.57 Å². The first-order chi connectivity index (χ1) is 6.74. The van der Waals surface area contributed by atoms with Crippen LogP contribution in [0.15, 0.2) is 43.1 Å². The van der Waals surface area contributed by atoms with E-state index in [1.807, 2.05) is 42.1 Å². The summed E-state index contributed by atoms with van der Waals surface area (Å²) in [6, 6.07) is 7.92. The third-order valence-corrected chi connectivity index (χ3v) is 2.50. The average molecular weight is 187 g/mol. The molecule has 0 spiro atoms. The fourth-order valence-corrected chi connectivity index (χ4v) is 1.71. The second kappa shape index (κ2) is 3.31. The first kappa shape index (κ1) is 9.03. The summed E-state index contributed by atoms with van der Waals surface area (Å²) in [6.45, 7) is 3.59. The number of hydrogen-bond acceptors (Lipinski definition) is 1. The van der Waals surface area contributed by atoms with Gasteiger partial charge in [0.2, 0.25) is 0 Å². The van der Waals surface area contributed by atoms with E-state index in [2.05, 4.69) is 6.58 Å². The zero-order valence-corrected chi connectivity index (χ0v) is 8.14. The van der Waals surface area contributed by atoms with Crippen molar-refractivity contribution in [2.75, 3.05) is 0 Å². The molecule has 72 valence electrons. The Hall–Kier alpha value is -1.54. The number of hydrogen-bond donors (Lipinski definition) is 1. The molecule has 2 rings (SSSR count). The van der Waals surface area contributed by atoms with Gasteiger partial charge in [-0.25, -0.2) is 0 Å². The third-order valence-electron chi connectivity index (χ3n) is 2.50. The maximum atomic E-state index is 9.71. The molecule has 1 aromatic heterocycles. The lowest BCUT2D eigenvalue weighted by molar-refractivity contribution is 0.230. The van der Waals surface area contributed by atoms with Crippen LogP contribution in [0.1, 0.15) is 11.7 Å². The van der Waals surface area contributed by atoms with Crippen molar-refractivity contribution in [2.45, 2.75) is 6.10 Å². The van der Waals surface area contributed by atoms with Crippen molar-refractivity contribution in [3.8, 4) is 0 Å². The molecule has 0 amide bonds. The van der Waals surface area contributed by atoms with Gasteiger partial charge in [0.1, 0.15) is 0 Å². The van der Waals surface area contributed by atoms with Crippen LogP contribution in [0.5, 0.6) is 0 Å². The first-order valence-electron chi connectivity index (χ1n) is 4.58. The molecular weight excluding hydrogens is 174 g/mol. The van der Waals surface area contributed by atoms with E-state index in [1.165, 1.54) is 0 Å². The summed E-state index contributed by atoms with van der Waals surface area (Å²) in [7, 11) is 1.99. The predicted molar refractivity (Wildman–Crippen MR) is 58.1 cm³/mol. The molecule has 0 aliphatic carbocycles. The minimum absolute atomic E-state index is 0.582. The highest BCUT2D eigenvalue weighted by atomic mass is 16.3. The Bertz CT molecular complexity index is 470. The Balaban J connectivity index is 2.71. The second-order valence-corrected chi connectivity index (χ2v) is 3.39. The largest absolute Gasteiger partial charge is 0.384 e. The van der Waals surface area contributed by atoms with Gasteiger partial charge in [-0.2, -0.15) is 0 Å². The van der Waals surface area contributed by atoms with Gasteiger partial charge >= 0.3 is 0 Å². The molecule has 0 fully saturated rings. The van der Waals surface area contributed by atoms with E-state index in [0.29, 0.717) is 0 Å². The molecule has 0 bridgehead atoms. The molecule has 2 aromatic rings. The molecule has 1 unspecified atom stereocenters. The fraction of sp³-hybridized carbons (Fsp3) is 0.167. The number of aromatic nitrogens is 1. The van der Waals surface area contributed by atoms with Gasteiger partial charge in [-0.1, -0.05) is 18.2 Å². The highest BCUT2D eigenvalue weighted by Gasteiger charge is 2.08. The van der Waals surface area contributed by atoms with E-state index in [9.17, 15) is 5.11 Å². The number of aliphatic hydroxyl groups excluding tert-OH is 1. The van der Waals surface area contributed by atoms with Gasteiger partial charge in [-0.3, -0.25) is 0 Å². The SMILES string of the molecule is C=CC(O)c1cccc2c1ccn2C. The van der Waals surface area contributed by atoms with Gasteiger partial charge in [0, 0.05) is 24.1 Å². The molecule has 14 heavy (non-hydrogen) atoms. The molecule has 2 heteroatoms. The van der Waals surface area contributed by atoms with Gasteiger partial charge in [-0.05, 0) is 17.7 Å². The summed E-state index contributed by atoms with van der Waals surface area (Å²) in [5, 5.41) is 10.8. The average Bonchev–Trinajstić information content (AvgIpc) is 2.59. The van der Waals surface area contributed by atoms with Crippen LogP contribution < -0.4 is 0 Å². The van der Waals surface area contributed by atoms with E-state index >= 15 is 0 Å². The van der Waals surface area contributed by atoms with Crippen LogP contribution in [0.4, 0.5) is 0 Å². The number of benzene rings is 1. The molecule has 1 heterocycles. The maximum absolute atomic E-state index is 9.71. The van der Waals surface area contributed by atoms with Crippen molar-refractivity contribution >= 4 is 10.9 Å². The number of rotatable bonds is 2. The van der Waals surface area contributed by atoms with Gasteiger partial charge in [0.15, 0.2) is 0 Å². The van der Waals surface area contributed by atoms with Gasteiger partial charge in [0.05, 0.1) is 6.10 Å². The summed E-state index contributed by atoms with van der Waals surface area (Å²) in [4.78, 5) is 0. The van der Waals surface area contributed by atoms with Crippen molar-refractivity contribution < 1.29 is 5.11 Å². The van der Waals surface area contributed by atoms with E-state index in [0.717, 1.165) is 16.5 Å². The smallest absolute Gasteiger partial charge is 0.0975 e. The van der Waals surface area contributed by atoms with Crippen LogP contribution in [0.25, 0.3) is 10.9 Å². The van der Waals surface area contributed by atoms with E-state index in [4.69, 9.17) is 0 Å². The lowest BCUT2D eigenvalue weighted by atomic mass is 10.1. The summed E-state index contributed by atoms with van der Waals surface area (Å²) in [6.07, 6.45) is 2.95. The molecule has 0 radical (unpaired) electrons. The summed E-state index contributed by atoms with van der Waals surface area (Å²) in [5.74, 6) is 0. The number of aryl methyl sites for hydroxylation is 1. The van der Waals surface area contributed by atoms with Crippen LogP contribution in [0, 0.1) is 0 Å². The van der Waals surface area contributed by atoms with Crippen molar-refractivity contribution in [3.63, 3.8) is 0 Å². The Morgan fingerprint density at radius 2 is 2.21 bits per heavy atom. The lowest BCUT2D eigenvalue weighted by Gasteiger charge is -2.07. The normalized spacial score (nSPS) is 13.0. The van der Waals surface area contributed by atoms with Crippen LogP contribution in [0.2, 0.25) is 0 Å². The number of fused-ring (bicyclic) bond motifs is 1. The van der Waals surface area contributed by atoms with E-state index in [1.54, 1.807) is 6.08 Å². The molecule has 1 aromatic carbocycles. The summed E-state index contributed by atoms with van der Waals surface area (Å²) < 4.78 is 2.04. The Morgan fingerprint density at radius 1 is 1.43 bits per heavy atom. The van der Waals surface area contributed by atoms with Crippen molar-refractivity contribution in [1.29, 1.82) is 0 Å². The Labute approximate surface area is 83.1 Å². The highest BCUT2D eigenvalue weighted by Crippen LogP contribution is 2.25. The first-order valence-corrected chi connectivity index (χ1v) is 4.58. The second-order valence-electron chi connectivity index (χ2n) is 3.39. The molecule has 2 nitrogen and oxygen atoms in total. The third kappa shape index (κ3) is 1.24.